The van der Waals surface area contributed by atoms with Crippen molar-refractivity contribution in [2.24, 2.45) is 0 Å². The molecule has 1 saturated carbocycles. The molecule has 2 N–H and O–H groups in total. The molecule has 0 radical (unpaired) electrons. The summed E-state index contributed by atoms with van der Waals surface area (Å²) in [6.07, 6.45) is 0.882. The van der Waals surface area contributed by atoms with Crippen molar-refractivity contribution in [2.75, 3.05) is 6.61 Å². The Kier molecular flexibility index (Phi) is 7.19. The summed E-state index contributed by atoms with van der Waals surface area (Å²) in [4.78, 5) is 23.8. The SMILES string of the molecule is O=C(O)OC1CCOc2cc(Oc3ccc(C(=O)NC4CCC(c5cccc(F)c5)C4)cc3)c(Cl)cc21. The Labute approximate surface area is 218 Å². The fraction of sp³-hybridized carbons (Fsp3) is 0.286. The van der Waals surface area contributed by atoms with Crippen molar-refractivity contribution >= 4 is 23.7 Å². The van der Waals surface area contributed by atoms with Crippen LogP contribution >= 0.6 is 11.6 Å². The molecule has 3 unspecified atom stereocenters. The smallest absolute Gasteiger partial charge is 0.493 e. The average Bonchev–Trinajstić information content (AvgIpc) is 3.34. The van der Waals surface area contributed by atoms with Crippen LogP contribution in [-0.2, 0) is 4.74 Å². The van der Waals surface area contributed by atoms with Crippen molar-refractivity contribution < 1.29 is 33.3 Å². The van der Waals surface area contributed by atoms with Gasteiger partial charge < -0.3 is 24.6 Å². The zero-order valence-electron chi connectivity index (χ0n) is 19.8. The molecule has 7 nitrogen and oxygen atoms in total. The second kappa shape index (κ2) is 10.7. The molecule has 0 spiro atoms. The molecule has 0 bridgehead atoms. The average molecular weight is 526 g/mol. The highest BCUT2D eigenvalue weighted by molar-refractivity contribution is 6.32. The van der Waals surface area contributed by atoms with Crippen LogP contribution < -0.4 is 14.8 Å². The minimum atomic E-state index is -1.36. The van der Waals surface area contributed by atoms with Crippen LogP contribution in [0.3, 0.4) is 0 Å². The van der Waals surface area contributed by atoms with Crippen molar-refractivity contribution in [3.8, 4) is 17.2 Å². The van der Waals surface area contributed by atoms with Gasteiger partial charge in [-0.1, -0.05) is 23.7 Å². The molecule has 9 heteroatoms. The molecule has 37 heavy (non-hydrogen) atoms. The molecule has 192 valence electrons. The van der Waals surface area contributed by atoms with Crippen LogP contribution in [0.4, 0.5) is 9.18 Å². The van der Waals surface area contributed by atoms with Crippen LogP contribution in [0, 0.1) is 5.82 Å². The maximum absolute atomic E-state index is 13.6. The van der Waals surface area contributed by atoms with Gasteiger partial charge in [0.1, 0.15) is 29.2 Å². The van der Waals surface area contributed by atoms with E-state index in [9.17, 15) is 14.0 Å². The van der Waals surface area contributed by atoms with E-state index >= 15 is 0 Å². The number of benzene rings is 3. The molecule has 0 aromatic heterocycles. The monoisotopic (exact) mass is 525 g/mol. The number of amides is 1. The molecule has 1 amide bonds. The lowest BCUT2D eigenvalue weighted by Crippen LogP contribution is -2.32. The first-order chi connectivity index (χ1) is 17.9. The van der Waals surface area contributed by atoms with Crippen LogP contribution in [0.5, 0.6) is 17.2 Å². The Morgan fingerprint density at radius 1 is 1.05 bits per heavy atom. The highest BCUT2D eigenvalue weighted by atomic mass is 35.5. The molecule has 5 rings (SSSR count). The van der Waals surface area contributed by atoms with E-state index in [1.165, 1.54) is 6.07 Å². The number of ether oxygens (including phenoxy) is 3. The first-order valence-corrected chi connectivity index (χ1v) is 12.4. The Morgan fingerprint density at radius 2 is 1.86 bits per heavy atom. The zero-order valence-corrected chi connectivity index (χ0v) is 20.5. The van der Waals surface area contributed by atoms with Gasteiger partial charge in [0.25, 0.3) is 5.91 Å². The first-order valence-electron chi connectivity index (χ1n) is 12.1. The molecule has 1 fully saturated rings. The number of halogens is 2. The Balaban J connectivity index is 1.21. The molecular formula is C28H25ClFNO6. The van der Waals surface area contributed by atoms with Gasteiger partial charge >= 0.3 is 6.16 Å². The van der Waals surface area contributed by atoms with Crippen molar-refractivity contribution in [2.45, 2.75) is 43.7 Å². The predicted octanol–water partition coefficient (Wildman–Crippen LogP) is 6.86. The summed E-state index contributed by atoms with van der Waals surface area (Å²) in [5, 5.41) is 12.3. The van der Waals surface area contributed by atoms with E-state index in [1.807, 2.05) is 6.07 Å². The number of nitrogens with one attached hydrogen (secondary N) is 1. The quantitative estimate of drug-likeness (QED) is 0.342. The van der Waals surface area contributed by atoms with Crippen LogP contribution in [-0.4, -0.2) is 29.8 Å². The summed E-state index contributed by atoms with van der Waals surface area (Å²) in [7, 11) is 0. The van der Waals surface area contributed by atoms with Gasteiger partial charge in [0.05, 0.1) is 11.6 Å². The summed E-state index contributed by atoms with van der Waals surface area (Å²) in [5.41, 5.74) is 2.01. The predicted molar refractivity (Wildman–Crippen MR) is 134 cm³/mol. The minimum absolute atomic E-state index is 0.0277. The number of carbonyl (C=O) groups is 2. The minimum Gasteiger partial charge on any atom is -0.493 e. The number of rotatable bonds is 6. The lowest BCUT2D eigenvalue weighted by atomic mass is 9.97. The summed E-state index contributed by atoms with van der Waals surface area (Å²) >= 11 is 6.39. The van der Waals surface area contributed by atoms with Gasteiger partial charge in [0, 0.05) is 29.7 Å². The molecule has 0 saturated heterocycles. The largest absolute Gasteiger partial charge is 0.506 e. The number of hydrogen-bond acceptors (Lipinski definition) is 5. The molecule has 3 aromatic rings. The summed E-state index contributed by atoms with van der Waals surface area (Å²) in [5.74, 6) is 1.06. The Morgan fingerprint density at radius 3 is 2.62 bits per heavy atom. The highest BCUT2D eigenvalue weighted by Crippen LogP contribution is 2.42. The Hall–Kier alpha value is -3.78. The summed E-state index contributed by atoms with van der Waals surface area (Å²) in [6, 6.07) is 16.5. The van der Waals surface area contributed by atoms with E-state index < -0.39 is 12.3 Å². The van der Waals surface area contributed by atoms with Gasteiger partial charge in [-0.2, -0.15) is 0 Å². The standard InChI is InChI=1S/C28H25ClFNO6/c29-23-14-22-24(37-28(33)34)10-11-35-25(22)15-26(23)36-21-8-5-16(6-9-21)27(32)31-20-7-4-18(13-20)17-2-1-3-19(30)12-17/h1-3,5-6,8-9,12,14-15,18,20,24H,4,7,10-11,13H2,(H,31,32)(H,33,34). The third-order valence-electron chi connectivity index (χ3n) is 6.72. The van der Waals surface area contributed by atoms with Gasteiger partial charge in [-0.15, -0.1) is 0 Å². The third kappa shape index (κ3) is 5.80. The topological polar surface area (TPSA) is 94.1 Å². The zero-order chi connectivity index (χ0) is 25.9. The maximum atomic E-state index is 13.6. The fourth-order valence-electron chi connectivity index (χ4n) is 4.93. The lowest BCUT2D eigenvalue weighted by molar-refractivity contribution is 0.0326. The van der Waals surface area contributed by atoms with E-state index in [-0.39, 0.29) is 28.7 Å². The molecule has 3 atom stereocenters. The van der Waals surface area contributed by atoms with E-state index in [0.717, 1.165) is 24.8 Å². The summed E-state index contributed by atoms with van der Waals surface area (Å²) < 4.78 is 30.0. The van der Waals surface area contributed by atoms with Crippen LogP contribution in [0.1, 0.15) is 59.2 Å². The van der Waals surface area contributed by atoms with E-state index in [0.29, 0.717) is 41.4 Å². The van der Waals surface area contributed by atoms with E-state index in [1.54, 1.807) is 48.5 Å². The molecule has 1 aliphatic heterocycles. The van der Waals surface area contributed by atoms with Crippen LogP contribution in [0.15, 0.2) is 60.7 Å². The van der Waals surface area contributed by atoms with Gasteiger partial charge in [-0.3, -0.25) is 4.79 Å². The normalized spacial score (nSPS) is 20.4. The number of carboxylic acid groups (broad SMARTS) is 1. The number of fused-ring (bicyclic) bond motifs is 1. The second-order valence-electron chi connectivity index (χ2n) is 9.19. The third-order valence-corrected chi connectivity index (χ3v) is 7.02. The fourth-order valence-corrected chi connectivity index (χ4v) is 5.14. The lowest BCUT2D eigenvalue weighted by Gasteiger charge is -2.25. The first kappa shape index (κ1) is 24.9. The van der Waals surface area contributed by atoms with Crippen molar-refractivity contribution in [1.29, 1.82) is 0 Å². The van der Waals surface area contributed by atoms with Crippen molar-refractivity contribution in [1.82, 2.24) is 5.32 Å². The molecule has 1 heterocycles. The second-order valence-corrected chi connectivity index (χ2v) is 9.60. The van der Waals surface area contributed by atoms with Crippen molar-refractivity contribution in [3.05, 3.63) is 88.2 Å². The number of carbonyl (C=O) groups excluding carboxylic acids is 1. The molecular weight excluding hydrogens is 501 g/mol. The Bertz CT molecular complexity index is 1310. The maximum Gasteiger partial charge on any atom is 0.506 e. The van der Waals surface area contributed by atoms with Gasteiger partial charge in [0.15, 0.2) is 0 Å². The molecule has 1 aliphatic carbocycles. The van der Waals surface area contributed by atoms with Gasteiger partial charge in [0.2, 0.25) is 0 Å². The molecule has 3 aromatic carbocycles. The summed E-state index contributed by atoms with van der Waals surface area (Å²) in [6.45, 7) is 0.305. The van der Waals surface area contributed by atoms with Crippen LogP contribution in [0.2, 0.25) is 5.02 Å². The van der Waals surface area contributed by atoms with E-state index in [2.05, 4.69) is 5.32 Å². The molecule has 2 aliphatic rings. The van der Waals surface area contributed by atoms with Crippen molar-refractivity contribution in [3.63, 3.8) is 0 Å². The van der Waals surface area contributed by atoms with Gasteiger partial charge in [-0.05, 0) is 73.2 Å². The number of hydrogen-bond donors (Lipinski definition) is 2. The van der Waals surface area contributed by atoms with Gasteiger partial charge in [-0.25, -0.2) is 9.18 Å². The van der Waals surface area contributed by atoms with Crippen LogP contribution in [0.25, 0.3) is 0 Å². The van der Waals surface area contributed by atoms with E-state index in [4.69, 9.17) is 30.9 Å². The highest BCUT2D eigenvalue weighted by Gasteiger charge is 2.28.